The fraction of sp³-hybridized carbons (Fsp3) is 0.500. The molecule has 22 heteroatoms. The zero-order chi connectivity index (χ0) is 52.1. The lowest BCUT2D eigenvalue weighted by molar-refractivity contribution is 0.0165. The lowest BCUT2D eigenvalue weighted by Crippen LogP contribution is -2.39. The van der Waals surface area contributed by atoms with Crippen LogP contribution in [0.5, 0.6) is 11.5 Å². The molecule has 0 unspecified atom stereocenters. The van der Waals surface area contributed by atoms with Gasteiger partial charge in [-0.3, -0.25) is 0 Å². The molecule has 2 aliphatic rings. The van der Waals surface area contributed by atoms with Crippen LogP contribution in [0.2, 0.25) is 0 Å². The van der Waals surface area contributed by atoms with Gasteiger partial charge in [0.15, 0.2) is 0 Å². The van der Waals surface area contributed by atoms with Crippen LogP contribution in [0.3, 0.4) is 0 Å². The molecule has 0 aliphatic heterocycles. The van der Waals surface area contributed by atoms with Crippen molar-refractivity contribution in [2.45, 2.75) is 60.5 Å². The van der Waals surface area contributed by atoms with Gasteiger partial charge in [-0.25, -0.2) is 35.9 Å². The van der Waals surface area contributed by atoms with Crippen molar-refractivity contribution in [3.05, 3.63) is 119 Å². The van der Waals surface area contributed by atoms with Crippen LogP contribution >= 0.6 is 0 Å². The molecule has 0 saturated carbocycles. The van der Waals surface area contributed by atoms with E-state index in [1.807, 2.05) is 24.3 Å². The monoisotopic (exact) mass is 1070 g/mol. The first-order chi connectivity index (χ1) is 36.1. The molecular weight excluding hydrogens is 997 g/mol. The fourth-order valence-electron chi connectivity index (χ4n) is 8.00. The number of ether oxygens (including phenoxy) is 8. The maximum absolute atomic E-state index is 12.7. The Morgan fingerprint density at radius 3 is 1.11 bits per heavy atom. The molecule has 0 radical (unpaired) electrons. The zero-order valence-corrected chi connectivity index (χ0v) is 43.5. The molecule has 6 N–H and O–H groups in total. The summed E-state index contributed by atoms with van der Waals surface area (Å²) in [4.78, 5) is 24.3. The van der Waals surface area contributed by atoms with Crippen LogP contribution in [0.25, 0.3) is 0 Å². The first kappa shape index (κ1) is 57.9. The number of sulfonamides is 2. The Labute approximate surface area is 435 Å². The number of urea groups is 2. The number of benzene rings is 4. The molecule has 4 aromatic carbocycles. The van der Waals surface area contributed by atoms with Crippen LogP contribution in [0.4, 0.5) is 9.59 Å². The van der Waals surface area contributed by atoms with Crippen molar-refractivity contribution in [1.82, 2.24) is 30.7 Å². The smallest absolute Gasteiger partial charge is 0.314 e. The summed E-state index contributed by atoms with van der Waals surface area (Å²) in [6.45, 7) is 5.39. The van der Waals surface area contributed by atoms with Crippen LogP contribution in [0.15, 0.2) is 107 Å². The van der Waals surface area contributed by atoms with Gasteiger partial charge in [0.2, 0.25) is 20.0 Å². The highest BCUT2D eigenvalue weighted by Gasteiger charge is 2.25. The van der Waals surface area contributed by atoms with Crippen molar-refractivity contribution in [2.75, 3.05) is 119 Å². The summed E-state index contributed by atoms with van der Waals surface area (Å²) in [6, 6.07) is 28.6. The third-order valence-corrected chi connectivity index (χ3v) is 14.7. The number of nitrogens with one attached hydrogen (secondary N) is 6. The van der Waals surface area contributed by atoms with Gasteiger partial charge in [-0.1, -0.05) is 48.5 Å². The molecule has 0 fully saturated rings. The van der Waals surface area contributed by atoms with Gasteiger partial charge in [-0.05, 0) is 109 Å². The molecule has 0 bridgehead atoms. The van der Waals surface area contributed by atoms with E-state index in [-0.39, 0.29) is 60.4 Å². The van der Waals surface area contributed by atoms with Crippen molar-refractivity contribution in [3.63, 3.8) is 0 Å². The van der Waals surface area contributed by atoms with E-state index in [2.05, 4.69) is 55.0 Å². The molecule has 0 spiro atoms. The molecular formula is C52H72N6O14S2. The number of aryl methyl sites for hydroxylation is 2. The number of amides is 4. The maximum Gasteiger partial charge on any atom is 0.314 e. The van der Waals surface area contributed by atoms with E-state index in [1.165, 1.54) is 46.5 Å². The Bertz CT molecular complexity index is 2330. The number of rotatable bonds is 37. The lowest BCUT2D eigenvalue weighted by Gasteiger charge is -2.15. The Balaban J connectivity index is 0.630. The molecule has 0 saturated heterocycles. The molecule has 2 aliphatic carbocycles. The Kier molecular flexibility index (Phi) is 25.1. The quantitative estimate of drug-likeness (QED) is 0.0340. The van der Waals surface area contributed by atoms with Gasteiger partial charge in [-0.15, -0.1) is 0 Å². The molecule has 406 valence electrons. The molecule has 4 amide bonds. The lowest BCUT2D eigenvalue weighted by atomic mass is 10.1. The third kappa shape index (κ3) is 20.7. The second kappa shape index (κ2) is 32.1. The number of fused-ring (bicyclic) bond motifs is 2. The molecule has 20 nitrogen and oxygen atoms in total. The number of unbranched alkanes of at least 4 members (excludes halogenated alkanes) is 1. The average molecular weight is 1070 g/mol. The molecule has 0 heterocycles. The predicted molar refractivity (Wildman–Crippen MR) is 276 cm³/mol. The SMILES string of the molecule is O=C(NCCCCNC(=O)NCCOCCOCCOCCNS(=O)(=O)c1ccc(O[C@@H]2CCc3ccccc32)cc1)NCCOCCOCCOCCNS(=O)(=O)c1ccc(O[C@@H]2CCc3ccccc32)cc1. The van der Waals surface area contributed by atoms with E-state index < -0.39 is 20.0 Å². The first-order valence-electron chi connectivity index (χ1n) is 25.3. The largest absolute Gasteiger partial charge is 0.486 e. The van der Waals surface area contributed by atoms with E-state index in [0.29, 0.717) is 117 Å². The van der Waals surface area contributed by atoms with Crippen LogP contribution in [0, 0.1) is 0 Å². The predicted octanol–water partition coefficient (Wildman–Crippen LogP) is 4.55. The van der Waals surface area contributed by atoms with Crippen molar-refractivity contribution >= 4 is 32.1 Å². The average Bonchev–Trinajstić information content (AvgIpc) is 4.01. The third-order valence-electron chi connectivity index (χ3n) is 11.8. The van der Waals surface area contributed by atoms with E-state index in [1.54, 1.807) is 24.3 Å². The summed E-state index contributed by atoms with van der Waals surface area (Å²) in [5, 5.41) is 11.0. The van der Waals surface area contributed by atoms with Crippen LogP contribution < -0.4 is 40.2 Å². The molecule has 6 rings (SSSR count). The van der Waals surface area contributed by atoms with E-state index >= 15 is 0 Å². The highest BCUT2D eigenvalue weighted by molar-refractivity contribution is 7.89. The van der Waals surface area contributed by atoms with Gasteiger partial charge >= 0.3 is 12.1 Å². The number of carbonyl (C=O) groups excluding carboxylic acids is 2. The van der Waals surface area contributed by atoms with E-state index in [0.717, 1.165) is 25.7 Å². The highest BCUT2D eigenvalue weighted by atomic mass is 32.2. The van der Waals surface area contributed by atoms with Gasteiger partial charge in [0.05, 0.1) is 89.1 Å². The van der Waals surface area contributed by atoms with Gasteiger partial charge in [0, 0.05) is 39.3 Å². The summed E-state index contributed by atoms with van der Waals surface area (Å²) in [5.41, 5.74) is 4.93. The minimum atomic E-state index is -3.69. The standard InChI is InChI=1S/C52H72N6O14S2/c59-51(55-25-29-65-33-37-69-39-35-67-31-27-57-73(61,62)45-17-13-43(14-18-45)71-49-21-11-41-7-1-3-9-47(41)49)53-23-5-6-24-54-52(60)56-26-30-66-34-38-70-40-36-68-32-28-58-74(63,64)46-19-15-44(16-20-46)72-50-22-12-42-8-2-4-10-48(42)50/h1-4,7-10,13-20,49-50,57-58H,5-6,11-12,21-40H2,(H2,53,55,59)(H2,54,56,60)/t49-,50-/m1/s1. The summed E-state index contributed by atoms with van der Waals surface area (Å²) >= 11 is 0. The zero-order valence-electron chi connectivity index (χ0n) is 41.9. The minimum absolute atomic E-state index is 0.0337. The van der Waals surface area contributed by atoms with Crippen LogP contribution in [-0.2, 0) is 61.3 Å². The van der Waals surface area contributed by atoms with Gasteiger partial charge < -0.3 is 59.2 Å². The van der Waals surface area contributed by atoms with Gasteiger partial charge in [-0.2, -0.15) is 0 Å². The molecule has 4 aromatic rings. The van der Waals surface area contributed by atoms with Gasteiger partial charge in [0.25, 0.3) is 0 Å². The van der Waals surface area contributed by atoms with Crippen LogP contribution in [-0.4, -0.2) is 147 Å². The van der Waals surface area contributed by atoms with E-state index in [4.69, 9.17) is 37.9 Å². The number of hydrogen-bond donors (Lipinski definition) is 6. The topological polar surface area (TPSA) is 248 Å². The number of carbonyl (C=O) groups is 2. The Morgan fingerprint density at radius 1 is 0.405 bits per heavy atom. The molecule has 74 heavy (non-hydrogen) atoms. The molecule has 0 aromatic heterocycles. The van der Waals surface area contributed by atoms with E-state index in [9.17, 15) is 26.4 Å². The summed E-state index contributed by atoms with van der Waals surface area (Å²) in [7, 11) is -7.39. The minimum Gasteiger partial charge on any atom is -0.486 e. The second-order valence-corrected chi connectivity index (χ2v) is 20.7. The van der Waals surface area contributed by atoms with Crippen molar-refractivity contribution in [1.29, 1.82) is 0 Å². The summed E-state index contributed by atoms with van der Waals surface area (Å²) in [6.07, 6.45) is 5.01. The summed E-state index contributed by atoms with van der Waals surface area (Å²) < 4.78 is 101. The summed E-state index contributed by atoms with van der Waals surface area (Å²) in [5.74, 6) is 1.25. The van der Waals surface area contributed by atoms with Crippen molar-refractivity contribution < 1.29 is 64.3 Å². The first-order valence-corrected chi connectivity index (χ1v) is 28.2. The number of hydrogen-bond acceptors (Lipinski definition) is 14. The highest BCUT2D eigenvalue weighted by Crippen LogP contribution is 2.36. The normalized spacial score (nSPS) is 15.0. The van der Waals surface area contributed by atoms with Crippen molar-refractivity contribution in [3.8, 4) is 11.5 Å². The molecule has 2 atom stereocenters. The van der Waals surface area contributed by atoms with Crippen molar-refractivity contribution in [2.24, 2.45) is 0 Å². The Morgan fingerprint density at radius 2 is 0.730 bits per heavy atom. The maximum atomic E-state index is 12.7. The van der Waals surface area contributed by atoms with Gasteiger partial charge in [0.1, 0.15) is 23.7 Å². The van der Waals surface area contributed by atoms with Crippen LogP contribution in [0.1, 0.15) is 60.1 Å². The second-order valence-electron chi connectivity index (χ2n) is 17.2. The fourth-order valence-corrected chi connectivity index (χ4v) is 10.0. The Hall–Kier alpha value is -5.40.